The van der Waals surface area contributed by atoms with Crippen LogP contribution in [0.3, 0.4) is 0 Å². The van der Waals surface area contributed by atoms with Crippen molar-refractivity contribution in [2.75, 3.05) is 13.1 Å². The third-order valence-electron chi connectivity index (χ3n) is 2.56. The second-order valence-electron chi connectivity index (χ2n) is 5.21. The van der Waals surface area contributed by atoms with Gasteiger partial charge in [-0.15, -0.1) is 0 Å². The molecule has 1 amide bonds. The van der Waals surface area contributed by atoms with Crippen LogP contribution in [-0.4, -0.2) is 40.6 Å². The number of piperidine rings is 1. The van der Waals surface area contributed by atoms with Gasteiger partial charge in [-0.1, -0.05) is 14.9 Å². The summed E-state index contributed by atoms with van der Waals surface area (Å²) in [5.74, 6) is 0. The van der Waals surface area contributed by atoms with Gasteiger partial charge in [-0.05, 0) is 32.4 Å². The summed E-state index contributed by atoms with van der Waals surface area (Å²) in [6.45, 7) is 5.57. The van der Waals surface area contributed by atoms with Crippen molar-refractivity contribution in [3.8, 4) is 0 Å². The number of carbonyl (C=O) groups excluding carboxylic acids is 2. The van der Waals surface area contributed by atoms with Gasteiger partial charge < -0.3 is 9.64 Å². The van der Waals surface area contributed by atoms with Crippen molar-refractivity contribution in [3.05, 3.63) is 0 Å². The van der Waals surface area contributed by atoms with Gasteiger partial charge in [0.1, 0.15) is 5.60 Å². The van der Waals surface area contributed by atoms with Crippen LogP contribution in [-0.2, 0) is 9.53 Å². The first-order valence-corrected chi connectivity index (χ1v) is 5.89. The van der Waals surface area contributed by atoms with E-state index >= 15 is 0 Å². The van der Waals surface area contributed by atoms with Crippen molar-refractivity contribution >= 4 is 22.9 Å². The number of ether oxygens (including phenoxy) is 1. The Labute approximate surface area is 120 Å². The van der Waals surface area contributed by atoms with Crippen LogP contribution in [0, 0.1) is 0 Å². The van der Waals surface area contributed by atoms with Crippen molar-refractivity contribution in [2.45, 2.75) is 59.7 Å². The molecule has 114 valence electrons. The van der Waals surface area contributed by atoms with Crippen molar-refractivity contribution in [1.29, 1.82) is 0 Å². The molecule has 0 bridgehead atoms. The van der Waals surface area contributed by atoms with Gasteiger partial charge in [0.05, 0.1) is 0 Å². The lowest BCUT2D eigenvalue weighted by Crippen LogP contribution is -2.48. The van der Waals surface area contributed by atoms with E-state index in [4.69, 9.17) is 16.3 Å². The normalized spacial score (nSPS) is 17.8. The molecule has 0 atom stereocenters. The molecule has 0 aromatic heterocycles. The van der Waals surface area contributed by atoms with Crippen LogP contribution in [0.25, 0.3) is 0 Å². The Morgan fingerprint density at radius 1 is 1.21 bits per heavy atom. The highest BCUT2D eigenvalue weighted by atomic mass is 35.5. The molecule has 19 heavy (non-hydrogen) atoms. The van der Waals surface area contributed by atoms with Crippen LogP contribution in [0.2, 0.25) is 0 Å². The predicted octanol–water partition coefficient (Wildman–Crippen LogP) is 3.76. The molecular weight excluding hydrogens is 273 g/mol. The molecule has 4 nitrogen and oxygen atoms in total. The first-order valence-electron chi connectivity index (χ1n) is 5.51. The number of halogens is 2. The van der Waals surface area contributed by atoms with Gasteiger partial charge >= 0.3 is 6.09 Å². The average molecular weight is 298 g/mol. The molecule has 1 rings (SSSR count). The molecule has 1 aliphatic rings. The number of rotatable bonds is 1. The maximum atomic E-state index is 13.8. The fourth-order valence-corrected chi connectivity index (χ4v) is 1.76. The quantitative estimate of drug-likeness (QED) is 0.692. The van der Waals surface area contributed by atoms with Gasteiger partial charge in [0.15, 0.2) is 5.67 Å². The topological polar surface area (TPSA) is 46.6 Å². The van der Waals surface area contributed by atoms with Gasteiger partial charge in [-0.25, -0.2) is 9.18 Å². The summed E-state index contributed by atoms with van der Waals surface area (Å²) in [6, 6.07) is 0. The standard InChI is InChI=1S/C11H17ClFNO3.2CH4/c1-10(2,3)17-9(16)14-6-4-11(13,5-7-14)8(12)15;;/h4-7H2,1-3H3;2*1H4. The summed E-state index contributed by atoms with van der Waals surface area (Å²) in [5, 5.41) is -0.985. The Kier molecular flexibility index (Phi) is 7.63. The molecule has 0 saturated carbocycles. The third kappa shape index (κ3) is 5.76. The highest BCUT2D eigenvalue weighted by molar-refractivity contribution is 6.65. The van der Waals surface area contributed by atoms with E-state index in [-0.39, 0.29) is 40.8 Å². The minimum Gasteiger partial charge on any atom is -0.444 e. The molecule has 0 radical (unpaired) electrons. The van der Waals surface area contributed by atoms with E-state index in [0.717, 1.165) is 0 Å². The zero-order chi connectivity index (χ0) is 13.3. The molecule has 0 aliphatic carbocycles. The number of hydrogen-bond donors (Lipinski definition) is 0. The number of carbonyl (C=O) groups is 2. The Bertz CT molecular complexity index is 320. The van der Waals surface area contributed by atoms with Crippen molar-refractivity contribution < 1.29 is 18.7 Å². The van der Waals surface area contributed by atoms with E-state index in [9.17, 15) is 14.0 Å². The number of amides is 1. The molecule has 0 aromatic rings. The molecule has 1 saturated heterocycles. The maximum Gasteiger partial charge on any atom is 0.410 e. The Hall–Kier alpha value is -0.840. The van der Waals surface area contributed by atoms with E-state index in [1.165, 1.54) is 4.90 Å². The van der Waals surface area contributed by atoms with E-state index in [1.54, 1.807) is 20.8 Å². The molecular formula is C13H25ClFNO3. The summed E-state index contributed by atoms with van der Waals surface area (Å²) in [6.07, 6.45) is -0.634. The van der Waals surface area contributed by atoms with Gasteiger partial charge in [0.25, 0.3) is 5.24 Å². The lowest BCUT2D eigenvalue weighted by atomic mass is 9.95. The van der Waals surface area contributed by atoms with Crippen LogP contribution in [0.4, 0.5) is 9.18 Å². The molecule has 0 unspecified atom stereocenters. The molecule has 0 aromatic carbocycles. The number of likely N-dealkylation sites (tertiary alicyclic amines) is 1. The lowest BCUT2D eigenvalue weighted by molar-refractivity contribution is -0.125. The lowest BCUT2D eigenvalue weighted by Gasteiger charge is -2.35. The first kappa shape index (κ1) is 20.5. The van der Waals surface area contributed by atoms with E-state index in [0.29, 0.717) is 0 Å². The maximum absolute atomic E-state index is 13.8. The zero-order valence-corrected chi connectivity index (χ0v) is 11.0. The smallest absolute Gasteiger partial charge is 0.410 e. The highest BCUT2D eigenvalue weighted by Gasteiger charge is 2.42. The van der Waals surface area contributed by atoms with E-state index in [1.807, 2.05) is 0 Å². The summed E-state index contributed by atoms with van der Waals surface area (Å²) >= 11 is 5.18. The molecule has 0 N–H and O–H groups in total. The van der Waals surface area contributed by atoms with Crippen LogP contribution < -0.4 is 0 Å². The van der Waals surface area contributed by atoms with E-state index in [2.05, 4.69) is 0 Å². The fourth-order valence-electron chi connectivity index (χ4n) is 1.57. The van der Waals surface area contributed by atoms with Gasteiger partial charge in [-0.2, -0.15) is 0 Å². The van der Waals surface area contributed by atoms with E-state index < -0.39 is 22.6 Å². The van der Waals surface area contributed by atoms with Crippen LogP contribution in [0.1, 0.15) is 48.5 Å². The van der Waals surface area contributed by atoms with Gasteiger partial charge in [0, 0.05) is 25.9 Å². The molecule has 0 spiro atoms. The second kappa shape index (κ2) is 7.08. The van der Waals surface area contributed by atoms with Crippen LogP contribution >= 0.6 is 11.6 Å². The summed E-state index contributed by atoms with van der Waals surface area (Å²) in [7, 11) is 0. The van der Waals surface area contributed by atoms with Crippen molar-refractivity contribution in [1.82, 2.24) is 4.90 Å². The van der Waals surface area contributed by atoms with Crippen molar-refractivity contribution in [2.24, 2.45) is 0 Å². The zero-order valence-electron chi connectivity index (χ0n) is 10.3. The first-order chi connectivity index (χ1) is 7.64. The van der Waals surface area contributed by atoms with Crippen LogP contribution in [0.15, 0.2) is 0 Å². The highest BCUT2D eigenvalue weighted by Crippen LogP contribution is 2.29. The second-order valence-corrected chi connectivity index (χ2v) is 5.55. The SMILES string of the molecule is C.C.CC(C)(C)OC(=O)N1CCC(F)(C(=O)Cl)CC1. The molecule has 1 heterocycles. The molecule has 1 fully saturated rings. The summed E-state index contributed by atoms with van der Waals surface area (Å²) in [5.41, 5.74) is -2.58. The summed E-state index contributed by atoms with van der Waals surface area (Å²) < 4.78 is 19.0. The summed E-state index contributed by atoms with van der Waals surface area (Å²) in [4.78, 5) is 23.9. The average Bonchev–Trinajstić information content (AvgIpc) is 2.15. The Balaban J connectivity index is 0. The molecule has 6 heteroatoms. The number of alkyl halides is 1. The van der Waals surface area contributed by atoms with Gasteiger partial charge in [-0.3, -0.25) is 4.79 Å². The van der Waals surface area contributed by atoms with Crippen molar-refractivity contribution in [3.63, 3.8) is 0 Å². The Morgan fingerprint density at radius 3 is 1.95 bits per heavy atom. The Morgan fingerprint density at radius 2 is 1.63 bits per heavy atom. The number of hydrogen-bond acceptors (Lipinski definition) is 3. The predicted molar refractivity (Wildman–Crippen MR) is 75.2 cm³/mol. The van der Waals surface area contributed by atoms with Crippen LogP contribution in [0.5, 0.6) is 0 Å². The minimum absolute atomic E-state index is 0. The third-order valence-corrected chi connectivity index (χ3v) is 2.90. The largest absolute Gasteiger partial charge is 0.444 e. The minimum atomic E-state index is -2.00. The fraction of sp³-hybridized carbons (Fsp3) is 0.846. The van der Waals surface area contributed by atoms with Gasteiger partial charge in [0.2, 0.25) is 0 Å². The number of nitrogens with zero attached hydrogens (tertiary/aromatic N) is 1. The molecule has 1 aliphatic heterocycles. The monoisotopic (exact) mass is 297 g/mol.